The fourth-order valence-corrected chi connectivity index (χ4v) is 3.61. The summed E-state index contributed by atoms with van der Waals surface area (Å²) in [6, 6.07) is 12.9. The van der Waals surface area contributed by atoms with E-state index in [1.165, 1.54) is 6.07 Å². The molecule has 1 amide bonds. The summed E-state index contributed by atoms with van der Waals surface area (Å²) in [6.45, 7) is 1.13. The third kappa shape index (κ3) is 3.54. The van der Waals surface area contributed by atoms with E-state index in [1.807, 2.05) is 24.3 Å². The van der Waals surface area contributed by atoms with Gasteiger partial charge in [-0.3, -0.25) is 4.79 Å². The molecule has 0 bridgehead atoms. The van der Waals surface area contributed by atoms with E-state index in [2.05, 4.69) is 9.55 Å². The first kappa shape index (κ1) is 17.6. The van der Waals surface area contributed by atoms with E-state index in [9.17, 15) is 18.0 Å². The number of likely N-dealkylation sites (tertiary alicyclic amines) is 1. The van der Waals surface area contributed by atoms with Crippen LogP contribution in [0.5, 0.6) is 0 Å². The quantitative estimate of drug-likeness (QED) is 0.694. The molecule has 7 heteroatoms. The number of para-hydroxylation sites is 2. The average molecular weight is 373 g/mol. The van der Waals surface area contributed by atoms with Gasteiger partial charge >= 0.3 is 6.18 Å². The first-order valence-corrected chi connectivity index (χ1v) is 8.77. The summed E-state index contributed by atoms with van der Waals surface area (Å²) in [6.07, 6.45) is -1.84. The van der Waals surface area contributed by atoms with Crippen LogP contribution in [0.15, 0.2) is 54.9 Å². The Morgan fingerprint density at radius 3 is 2.78 bits per heavy atom. The minimum atomic E-state index is -4.40. The monoisotopic (exact) mass is 373 g/mol. The number of aromatic nitrogens is 2. The van der Waals surface area contributed by atoms with Gasteiger partial charge in [0.1, 0.15) is 0 Å². The average Bonchev–Trinajstić information content (AvgIpc) is 3.28. The van der Waals surface area contributed by atoms with Gasteiger partial charge in [-0.05, 0) is 30.2 Å². The van der Waals surface area contributed by atoms with Gasteiger partial charge in [0, 0.05) is 13.1 Å². The zero-order valence-electron chi connectivity index (χ0n) is 14.5. The molecule has 0 spiro atoms. The van der Waals surface area contributed by atoms with Crippen molar-refractivity contribution in [2.24, 2.45) is 0 Å². The van der Waals surface area contributed by atoms with Gasteiger partial charge in [-0.15, -0.1) is 0 Å². The van der Waals surface area contributed by atoms with Crippen LogP contribution in [0.1, 0.15) is 23.6 Å². The molecule has 0 N–H and O–H groups in total. The third-order valence-electron chi connectivity index (χ3n) is 5.00. The van der Waals surface area contributed by atoms with Crippen molar-refractivity contribution in [3.05, 3.63) is 66.0 Å². The lowest BCUT2D eigenvalue weighted by Gasteiger charge is -2.18. The molecule has 1 aliphatic heterocycles. The van der Waals surface area contributed by atoms with Crippen molar-refractivity contribution in [3.63, 3.8) is 0 Å². The van der Waals surface area contributed by atoms with Crippen molar-refractivity contribution in [1.82, 2.24) is 14.5 Å². The highest BCUT2D eigenvalue weighted by molar-refractivity contribution is 5.79. The molecule has 0 unspecified atom stereocenters. The second-order valence-corrected chi connectivity index (χ2v) is 6.80. The predicted octanol–water partition coefficient (Wildman–Crippen LogP) is 4.07. The minimum Gasteiger partial charge on any atom is -0.340 e. The van der Waals surface area contributed by atoms with E-state index < -0.39 is 11.7 Å². The summed E-state index contributed by atoms with van der Waals surface area (Å²) in [5, 5.41) is 0. The summed E-state index contributed by atoms with van der Waals surface area (Å²) in [5.41, 5.74) is 1.59. The molecule has 1 atom stereocenters. The molecule has 2 aromatic carbocycles. The molecular formula is C20H18F3N3O. The minimum absolute atomic E-state index is 0.0265. The van der Waals surface area contributed by atoms with Crippen LogP contribution < -0.4 is 0 Å². The maximum atomic E-state index is 12.8. The number of amides is 1. The van der Waals surface area contributed by atoms with Crippen molar-refractivity contribution in [1.29, 1.82) is 0 Å². The van der Waals surface area contributed by atoms with Gasteiger partial charge < -0.3 is 9.47 Å². The molecule has 27 heavy (non-hydrogen) atoms. The molecular weight excluding hydrogens is 355 g/mol. The normalized spacial score (nSPS) is 17.6. The molecule has 2 heterocycles. The molecule has 1 fully saturated rings. The fraction of sp³-hybridized carbons (Fsp3) is 0.300. The number of rotatable bonds is 3. The maximum Gasteiger partial charge on any atom is 0.416 e. The van der Waals surface area contributed by atoms with E-state index in [1.54, 1.807) is 17.3 Å². The van der Waals surface area contributed by atoms with Crippen molar-refractivity contribution >= 4 is 16.9 Å². The molecule has 0 saturated carbocycles. The summed E-state index contributed by atoms with van der Waals surface area (Å²) in [4.78, 5) is 18.7. The first-order chi connectivity index (χ1) is 12.9. The Hall–Kier alpha value is -2.83. The topological polar surface area (TPSA) is 38.1 Å². The predicted molar refractivity (Wildman–Crippen MR) is 95.1 cm³/mol. The van der Waals surface area contributed by atoms with Crippen LogP contribution in [0.4, 0.5) is 13.2 Å². The first-order valence-electron chi connectivity index (χ1n) is 8.77. The van der Waals surface area contributed by atoms with Crippen molar-refractivity contribution in [3.8, 4) is 0 Å². The Balaban J connectivity index is 1.45. The number of hydrogen-bond acceptors (Lipinski definition) is 2. The highest BCUT2D eigenvalue weighted by Gasteiger charge is 2.31. The van der Waals surface area contributed by atoms with E-state index in [4.69, 9.17) is 0 Å². The standard InChI is InChI=1S/C20H18F3N3O/c21-20(22,23)15-5-3-4-14(10-15)11-19(27)25-9-8-16(12-25)26-13-24-17-6-1-2-7-18(17)26/h1-7,10,13,16H,8-9,11-12H2/t16-/m1/s1. The highest BCUT2D eigenvalue weighted by Crippen LogP contribution is 2.30. The highest BCUT2D eigenvalue weighted by atomic mass is 19.4. The van der Waals surface area contributed by atoms with Gasteiger partial charge in [0.25, 0.3) is 0 Å². The summed E-state index contributed by atoms with van der Waals surface area (Å²) in [7, 11) is 0. The molecule has 3 aromatic rings. The van der Waals surface area contributed by atoms with Crippen LogP contribution >= 0.6 is 0 Å². The maximum absolute atomic E-state index is 12.8. The Bertz CT molecular complexity index is 980. The van der Waals surface area contributed by atoms with Crippen LogP contribution in [0.25, 0.3) is 11.0 Å². The number of imidazole rings is 1. The zero-order chi connectivity index (χ0) is 19.0. The van der Waals surface area contributed by atoms with Crippen molar-refractivity contribution in [2.45, 2.75) is 25.1 Å². The number of fused-ring (bicyclic) bond motifs is 1. The van der Waals surface area contributed by atoms with Gasteiger partial charge in [-0.1, -0.05) is 30.3 Å². The van der Waals surface area contributed by atoms with Crippen LogP contribution in [-0.4, -0.2) is 33.4 Å². The summed E-state index contributed by atoms with van der Waals surface area (Å²) in [5.74, 6) is -0.152. The van der Waals surface area contributed by atoms with E-state index >= 15 is 0 Å². The largest absolute Gasteiger partial charge is 0.416 e. The van der Waals surface area contributed by atoms with Crippen LogP contribution in [0, 0.1) is 0 Å². The number of halogens is 3. The number of hydrogen-bond donors (Lipinski definition) is 0. The summed E-state index contributed by atoms with van der Waals surface area (Å²) >= 11 is 0. The second kappa shape index (κ2) is 6.72. The van der Waals surface area contributed by atoms with Gasteiger partial charge in [0.2, 0.25) is 5.91 Å². The Kier molecular flexibility index (Phi) is 4.37. The van der Waals surface area contributed by atoms with Gasteiger partial charge in [-0.25, -0.2) is 4.98 Å². The SMILES string of the molecule is O=C(Cc1cccc(C(F)(F)F)c1)N1CC[C@@H](n2cnc3ccccc32)C1. The Labute approximate surface area is 154 Å². The molecule has 0 radical (unpaired) electrons. The second-order valence-electron chi connectivity index (χ2n) is 6.80. The third-order valence-corrected chi connectivity index (χ3v) is 5.00. The van der Waals surface area contributed by atoms with Crippen LogP contribution in [-0.2, 0) is 17.4 Å². The number of nitrogens with zero attached hydrogens (tertiary/aromatic N) is 3. The molecule has 1 aliphatic rings. The number of benzene rings is 2. The van der Waals surface area contributed by atoms with Gasteiger partial charge in [0.15, 0.2) is 0 Å². The zero-order valence-corrected chi connectivity index (χ0v) is 14.5. The van der Waals surface area contributed by atoms with E-state index in [0.29, 0.717) is 18.7 Å². The molecule has 1 aromatic heterocycles. The fourth-order valence-electron chi connectivity index (χ4n) is 3.61. The Morgan fingerprint density at radius 1 is 1.15 bits per heavy atom. The van der Waals surface area contributed by atoms with Crippen LogP contribution in [0.3, 0.4) is 0 Å². The van der Waals surface area contributed by atoms with E-state index in [-0.39, 0.29) is 18.4 Å². The molecule has 140 valence electrons. The van der Waals surface area contributed by atoms with Gasteiger partial charge in [0.05, 0.1) is 35.4 Å². The Morgan fingerprint density at radius 2 is 1.96 bits per heavy atom. The lowest BCUT2D eigenvalue weighted by molar-refractivity contribution is -0.138. The number of carbonyl (C=O) groups excluding carboxylic acids is 1. The lowest BCUT2D eigenvalue weighted by atomic mass is 10.1. The van der Waals surface area contributed by atoms with E-state index in [0.717, 1.165) is 29.6 Å². The van der Waals surface area contributed by atoms with Crippen LogP contribution in [0.2, 0.25) is 0 Å². The number of carbonyl (C=O) groups is 1. The molecule has 4 rings (SSSR count). The summed E-state index contributed by atoms with van der Waals surface area (Å²) < 4.78 is 40.6. The van der Waals surface area contributed by atoms with Crippen molar-refractivity contribution in [2.75, 3.05) is 13.1 Å². The molecule has 4 nitrogen and oxygen atoms in total. The van der Waals surface area contributed by atoms with Gasteiger partial charge in [-0.2, -0.15) is 13.2 Å². The van der Waals surface area contributed by atoms with Crippen molar-refractivity contribution < 1.29 is 18.0 Å². The lowest BCUT2D eigenvalue weighted by Crippen LogP contribution is -2.30. The number of alkyl halides is 3. The molecule has 1 saturated heterocycles. The molecule has 0 aliphatic carbocycles. The smallest absolute Gasteiger partial charge is 0.340 e.